The number of nitrogens with zero attached hydrogens (tertiary/aromatic N) is 4. The van der Waals surface area contributed by atoms with Gasteiger partial charge in [0.2, 0.25) is 5.91 Å². The molecule has 2 aromatic heterocycles. The van der Waals surface area contributed by atoms with Gasteiger partial charge in [-0.25, -0.2) is 0 Å². The monoisotopic (exact) mass is 354 g/mol. The van der Waals surface area contributed by atoms with E-state index in [2.05, 4.69) is 14.9 Å². The van der Waals surface area contributed by atoms with Crippen molar-refractivity contribution in [2.24, 2.45) is 0 Å². The first-order chi connectivity index (χ1) is 12.5. The minimum atomic E-state index is -0.344. The van der Waals surface area contributed by atoms with E-state index in [1.165, 1.54) is 0 Å². The van der Waals surface area contributed by atoms with Crippen LogP contribution in [0.2, 0.25) is 0 Å². The molecule has 0 saturated carbocycles. The number of likely N-dealkylation sites (N-methyl/N-ethyl adjacent to an activating group) is 1. The third kappa shape index (κ3) is 4.45. The maximum absolute atomic E-state index is 13.3. The predicted molar refractivity (Wildman–Crippen MR) is 99.6 cm³/mol. The fourth-order valence-corrected chi connectivity index (χ4v) is 3.42. The summed E-state index contributed by atoms with van der Waals surface area (Å²) in [5.41, 5.74) is 3.95. The van der Waals surface area contributed by atoms with E-state index in [-0.39, 0.29) is 11.9 Å². The lowest BCUT2D eigenvalue weighted by Crippen LogP contribution is -2.46. The number of hydrogen-bond acceptors (Lipinski definition) is 5. The van der Waals surface area contributed by atoms with E-state index in [0.29, 0.717) is 19.8 Å². The molecule has 0 bridgehead atoms. The summed E-state index contributed by atoms with van der Waals surface area (Å²) in [6, 6.07) is 7.57. The van der Waals surface area contributed by atoms with Gasteiger partial charge in [-0.2, -0.15) is 0 Å². The maximum atomic E-state index is 13.3. The van der Waals surface area contributed by atoms with Gasteiger partial charge in [-0.3, -0.25) is 19.7 Å². The molecular weight excluding hydrogens is 328 g/mol. The number of rotatable bonds is 5. The quantitative estimate of drug-likeness (QED) is 0.823. The number of amides is 1. The Morgan fingerprint density at radius 1 is 1.31 bits per heavy atom. The number of pyridine rings is 2. The van der Waals surface area contributed by atoms with Crippen LogP contribution in [0.1, 0.15) is 28.6 Å². The number of hydrogen-bond donors (Lipinski definition) is 0. The Bertz CT molecular complexity index is 724. The van der Waals surface area contributed by atoms with E-state index in [4.69, 9.17) is 4.74 Å². The van der Waals surface area contributed by atoms with E-state index < -0.39 is 0 Å². The number of ether oxygens (including phenoxy) is 1. The maximum Gasteiger partial charge on any atom is 0.244 e. The van der Waals surface area contributed by atoms with Crippen LogP contribution < -0.4 is 0 Å². The standard InChI is InChI=1S/C20H26N4O2/c1-15-11-16(2)22-18(12-15)14-23(3)20(25)19(17-5-4-6-21-13-17)24-7-9-26-10-8-24/h4-6,11-13,19H,7-10,14H2,1-3H3/t19-/m1/s1. The highest BCUT2D eigenvalue weighted by molar-refractivity contribution is 5.83. The highest BCUT2D eigenvalue weighted by Crippen LogP contribution is 2.24. The average Bonchev–Trinajstić information content (AvgIpc) is 2.63. The minimum absolute atomic E-state index is 0.0564. The summed E-state index contributed by atoms with van der Waals surface area (Å²) in [4.78, 5) is 26.0. The van der Waals surface area contributed by atoms with Gasteiger partial charge in [-0.15, -0.1) is 0 Å². The molecular formula is C20H26N4O2. The molecule has 6 nitrogen and oxygen atoms in total. The predicted octanol–water partition coefficient (Wildman–Crippen LogP) is 2.13. The molecule has 0 unspecified atom stereocenters. The van der Waals surface area contributed by atoms with Gasteiger partial charge in [0.1, 0.15) is 6.04 Å². The van der Waals surface area contributed by atoms with Crippen molar-refractivity contribution in [2.45, 2.75) is 26.4 Å². The Morgan fingerprint density at radius 3 is 2.73 bits per heavy atom. The van der Waals surface area contributed by atoms with Gasteiger partial charge in [0.15, 0.2) is 0 Å². The van der Waals surface area contributed by atoms with Crippen LogP contribution in [0.4, 0.5) is 0 Å². The summed E-state index contributed by atoms with van der Waals surface area (Å²) in [5, 5.41) is 0. The van der Waals surface area contributed by atoms with E-state index in [9.17, 15) is 4.79 Å². The zero-order chi connectivity index (χ0) is 18.5. The van der Waals surface area contributed by atoms with Gasteiger partial charge in [0, 0.05) is 38.2 Å². The van der Waals surface area contributed by atoms with Gasteiger partial charge in [-0.05, 0) is 43.2 Å². The molecule has 1 fully saturated rings. The van der Waals surface area contributed by atoms with E-state index in [1.807, 2.05) is 45.2 Å². The summed E-state index contributed by atoms with van der Waals surface area (Å²) < 4.78 is 5.46. The van der Waals surface area contributed by atoms with Gasteiger partial charge in [-0.1, -0.05) is 6.07 Å². The van der Waals surface area contributed by atoms with Crippen LogP contribution in [-0.4, -0.2) is 59.0 Å². The molecule has 26 heavy (non-hydrogen) atoms. The van der Waals surface area contributed by atoms with E-state index in [1.54, 1.807) is 17.3 Å². The Hall–Kier alpha value is -2.31. The Balaban J connectivity index is 1.81. The van der Waals surface area contributed by atoms with Crippen molar-refractivity contribution < 1.29 is 9.53 Å². The van der Waals surface area contributed by atoms with Gasteiger partial charge in [0.25, 0.3) is 0 Å². The van der Waals surface area contributed by atoms with Crippen LogP contribution in [-0.2, 0) is 16.1 Å². The smallest absolute Gasteiger partial charge is 0.244 e. The summed E-state index contributed by atoms with van der Waals surface area (Å²) in [5.74, 6) is 0.0564. The molecule has 1 amide bonds. The Labute approximate surface area is 154 Å². The lowest BCUT2D eigenvalue weighted by Gasteiger charge is -2.35. The number of aryl methyl sites for hydroxylation is 2. The Morgan fingerprint density at radius 2 is 2.08 bits per heavy atom. The molecule has 3 heterocycles. The van der Waals surface area contributed by atoms with Crippen molar-refractivity contribution >= 4 is 5.91 Å². The molecule has 0 aliphatic carbocycles. The highest BCUT2D eigenvalue weighted by atomic mass is 16.5. The van der Waals surface area contributed by atoms with Gasteiger partial charge in [0.05, 0.1) is 25.5 Å². The van der Waals surface area contributed by atoms with Crippen molar-refractivity contribution in [2.75, 3.05) is 33.4 Å². The second-order valence-electron chi connectivity index (χ2n) is 6.81. The van der Waals surface area contributed by atoms with Crippen LogP contribution in [0, 0.1) is 13.8 Å². The molecule has 1 aliphatic heterocycles. The molecule has 2 aromatic rings. The fourth-order valence-electron chi connectivity index (χ4n) is 3.42. The van der Waals surface area contributed by atoms with Crippen LogP contribution in [0.15, 0.2) is 36.7 Å². The second kappa shape index (κ2) is 8.38. The molecule has 0 aromatic carbocycles. The van der Waals surface area contributed by atoms with Crippen molar-refractivity contribution in [3.63, 3.8) is 0 Å². The van der Waals surface area contributed by atoms with Gasteiger partial charge >= 0.3 is 0 Å². The van der Waals surface area contributed by atoms with Gasteiger partial charge < -0.3 is 9.64 Å². The molecule has 0 radical (unpaired) electrons. The molecule has 0 spiro atoms. The number of carbonyl (C=O) groups is 1. The van der Waals surface area contributed by atoms with Crippen LogP contribution >= 0.6 is 0 Å². The van der Waals surface area contributed by atoms with Crippen molar-refractivity contribution in [1.29, 1.82) is 0 Å². The summed E-state index contributed by atoms with van der Waals surface area (Å²) in [7, 11) is 1.84. The number of morpholine rings is 1. The normalized spacial score (nSPS) is 16.3. The zero-order valence-electron chi connectivity index (χ0n) is 15.7. The third-order valence-electron chi connectivity index (χ3n) is 4.57. The first kappa shape index (κ1) is 18.5. The number of carbonyl (C=O) groups excluding carboxylic acids is 1. The summed E-state index contributed by atoms with van der Waals surface area (Å²) >= 11 is 0. The minimum Gasteiger partial charge on any atom is -0.379 e. The van der Waals surface area contributed by atoms with E-state index >= 15 is 0 Å². The fraction of sp³-hybridized carbons (Fsp3) is 0.450. The van der Waals surface area contributed by atoms with Crippen molar-refractivity contribution in [3.8, 4) is 0 Å². The Kier molecular flexibility index (Phi) is 5.96. The summed E-state index contributed by atoms with van der Waals surface area (Å²) in [6.07, 6.45) is 3.51. The molecule has 0 N–H and O–H groups in total. The molecule has 138 valence electrons. The zero-order valence-corrected chi connectivity index (χ0v) is 15.7. The number of aromatic nitrogens is 2. The van der Waals surface area contributed by atoms with Crippen LogP contribution in [0.3, 0.4) is 0 Å². The SMILES string of the molecule is Cc1cc(C)nc(CN(C)C(=O)[C@@H](c2cccnc2)N2CCOCC2)c1. The lowest BCUT2D eigenvalue weighted by molar-refractivity contribution is -0.138. The summed E-state index contributed by atoms with van der Waals surface area (Å²) in [6.45, 7) is 7.28. The molecule has 3 rings (SSSR count). The third-order valence-corrected chi connectivity index (χ3v) is 4.57. The molecule has 1 aliphatic rings. The molecule has 1 atom stereocenters. The first-order valence-electron chi connectivity index (χ1n) is 8.95. The average molecular weight is 354 g/mol. The lowest BCUT2D eigenvalue weighted by atomic mass is 10.1. The van der Waals surface area contributed by atoms with Crippen molar-refractivity contribution in [3.05, 3.63) is 59.2 Å². The topological polar surface area (TPSA) is 58.6 Å². The highest BCUT2D eigenvalue weighted by Gasteiger charge is 2.31. The largest absolute Gasteiger partial charge is 0.379 e. The molecule has 6 heteroatoms. The van der Waals surface area contributed by atoms with Crippen molar-refractivity contribution in [1.82, 2.24) is 19.8 Å². The van der Waals surface area contributed by atoms with E-state index in [0.717, 1.165) is 35.6 Å². The first-order valence-corrected chi connectivity index (χ1v) is 8.95. The second-order valence-corrected chi connectivity index (χ2v) is 6.81. The van der Waals surface area contributed by atoms with Crippen LogP contribution in [0.25, 0.3) is 0 Å². The molecule has 1 saturated heterocycles. The van der Waals surface area contributed by atoms with Crippen LogP contribution in [0.5, 0.6) is 0 Å².